The van der Waals surface area contributed by atoms with Crippen LogP contribution in [0.25, 0.3) is 0 Å². The molecule has 8 heavy (non-hydrogen) atoms. The zero-order chi connectivity index (χ0) is 5.98. The SMILES string of the molecule is CCn1[c]c(Cl)cc1. The lowest BCUT2D eigenvalue weighted by molar-refractivity contribution is 0.763. The van der Waals surface area contributed by atoms with Crippen molar-refractivity contribution in [2.24, 2.45) is 0 Å². The molecular weight excluding hydrogens is 122 g/mol. The normalized spacial score (nSPS) is 9.75. The lowest BCUT2D eigenvalue weighted by Gasteiger charge is -1.89. The lowest BCUT2D eigenvalue weighted by atomic mass is 10.7. The van der Waals surface area contributed by atoms with Gasteiger partial charge in [0.15, 0.2) is 0 Å². The van der Waals surface area contributed by atoms with E-state index in [0.29, 0.717) is 5.02 Å². The minimum atomic E-state index is 0.687. The highest BCUT2D eigenvalue weighted by atomic mass is 35.5. The Bertz CT molecular complexity index is 169. The molecule has 1 heterocycles. The standard InChI is InChI=1S/C6H7ClN/c1-2-8-4-3-6(7)5-8/h3-4H,2H2,1H3. The molecule has 0 atom stereocenters. The van der Waals surface area contributed by atoms with Crippen LogP contribution in [0.15, 0.2) is 12.3 Å². The Morgan fingerprint density at radius 1 is 1.88 bits per heavy atom. The van der Waals surface area contributed by atoms with Crippen LogP contribution in [-0.4, -0.2) is 4.57 Å². The maximum atomic E-state index is 5.56. The van der Waals surface area contributed by atoms with Crippen LogP contribution in [0.4, 0.5) is 0 Å². The second kappa shape index (κ2) is 2.23. The molecule has 0 N–H and O–H groups in total. The number of aryl methyl sites for hydroxylation is 1. The van der Waals surface area contributed by atoms with Crippen molar-refractivity contribution in [3.8, 4) is 0 Å². The van der Waals surface area contributed by atoms with Gasteiger partial charge in [0.25, 0.3) is 0 Å². The molecule has 0 saturated heterocycles. The zero-order valence-corrected chi connectivity index (χ0v) is 5.44. The summed E-state index contributed by atoms with van der Waals surface area (Å²) >= 11 is 5.56. The quantitative estimate of drug-likeness (QED) is 0.545. The van der Waals surface area contributed by atoms with Gasteiger partial charge in [-0.2, -0.15) is 0 Å². The second-order valence-corrected chi connectivity index (χ2v) is 1.97. The van der Waals surface area contributed by atoms with Crippen molar-refractivity contribution in [3.63, 3.8) is 0 Å². The summed E-state index contributed by atoms with van der Waals surface area (Å²) in [6.45, 7) is 2.99. The lowest BCUT2D eigenvalue weighted by Crippen LogP contribution is -1.86. The van der Waals surface area contributed by atoms with Gasteiger partial charge in [0.1, 0.15) is 0 Å². The van der Waals surface area contributed by atoms with Crippen LogP contribution in [0, 0.1) is 6.20 Å². The summed E-state index contributed by atoms with van der Waals surface area (Å²) in [5.41, 5.74) is 0. The van der Waals surface area contributed by atoms with Crippen molar-refractivity contribution in [2.45, 2.75) is 13.5 Å². The van der Waals surface area contributed by atoms with Gasteiger partial charge in [-0.15, -0.1) is 0 Å². The summed E-state index contributed by atoms with van der Waals surface area (Å²) in [4.78, 5) is 0. The van der Waals surface area contributed by atoms with Gasteiger partial charge in [0.2, 0.25) is 0 Å². The Kier molecular flexibility index (Phi) is 1.59. The van der Waals surface area contributed by atoms with Gasteiger partial charge in [-0.25, -0.2) is 0 Å². The van der Waals surface area contributed by atoms with Gasteiger partial charge in [0.05, 0.1) is 11.2 Å². The van der Waals surface area contributed by atoms with E-state index >= 15 is 0 Å². The molecular formula is C6H7ClN. The molecule has 0 spiro atoms. The Hall–Kier alpha value is -0.430. The molecule has 0 aliphatic heterocycles. The predicted octanol–water partition coefficient (Wildman–Crippen LogP) is 1.96. The smallest absolute Gasteiger partial charge is 0.0852 e. The summed E-state index contributed by atoms with van der Waals surface area (Å²) in [6, 6.07) is 1.82. The van der Waals surface area contributed by atoms with Gasteiger partial charge in [-0.3, -0.25) is 0 Å². The fourth-order valence-corrected chi connectivity index (χ4v) is 0.717. The van der Waals surface area contributed by atoms with Crippen LogP contribution in [0.1, 0.15) is 6.92 Å². The summed E-state index contributed by atoms with van der Waals surface area (Å²) in [6.07, 6.45) is 4.81. The van der Waals surface area contributed by atoms with Crippen LogP contribution in [0.3, 0.4) is 0 Å². The van der Waals surface area contributed by atoms with E-state index in [1.54, 1.807) is 0 Å². The molecule has 1 aromatic heterocycles. The van der Waals surface area contributed by atoms with Crippen molar-refractivity contribution < 1.29 is 0 Å². The molecule has 1 radical (unpaired) electrons. The minimum Gasteiger partial charge on any atom is -0.345 e. The topological polar surface area (TPSA) is 4.93 Å². The first kappa shape index (κ1) is 5.70. The van der Waals surface area contributed by atoms with E-state index in [9.17, 15) is 0 Å². The molecule has 0 aliphatic rings. The molecule has 0 saturated carbocycles. The largest absolute Gasteiger partial charge is 0.345 e. The molecule has 0 unspecified atom stereocenters. The Labute approximate surface area is 53.9 Å². The Morgan fingerprint density at radius 2 is 2.62 bits per heavy atom. The number of nitrogens with zero attached hydrogens (tertiary/aromatic N) is 1. The molecule has 1 rings (SSSR count). The number of aromatic nitrogens is 1. The van der Waals surface area contributed by atoms with E-state index < -0.39 is 0 Å². The number of halogens is 1. The van der Waals surface area contributed by atoms with Gasteiger partial charge in [-0.1, -0.05) is 11.6 Å². The maximum absolute atomic E-state index is 5.56. The number of rotatable bonds is 1. The molecule has 43 valence electrons. The molecule has 0 fully saturated rings. The van der Waals surface area contributed by atoms with Crippen LogP contribution < -0.4 is 0 Å². The van der Waals surface area contributed by atoms with E-state index in [2.05, 4.69) is 6.20 Å². The van der Waals surface area contributed by atoms with E-state index in [1.807, 2.05) is 23.8 Å². The van der Waals surface area contributed by atoms with Gasteiger partial charge in [0, 0.05) is 12.7 Å². The summed E-state index contributed by atoms with van der Waals surface area (Å²) in [5, 5.41) is 0.687. The third-order valence-corrected chi connectivity index (χ3v) is 1.20. The van der Waals surface area contributed by atoms with Crippen LogP contribution in [0.2, 0.25) is 5.02 Å². The molecule has 1 aromatic rings. The van der Waals surface area contributed by atoms with E-state index in [0.717, 1.165) is 6.54 Å². The summed E-state index contributed by atoms with van der Waals surface area (Å²) in [5.74, 6) is 0. The predicted molar refractivity (Wildman–Crippen MR) is 34.0 cm³/mol. The Balaban J connectivity index is 2.84. The second-order valence-electron chi connectivity index (χ2n) is 1.56. The first-order chi connectivity index (χ1) is 3.83. The number of hydrogen-bond acceptors (Lipinski definition) is 0. The highest BCUT2D eigenvalue weighted by Crippen LogP contribution is 2.05. The highest BCUT2D eigenvalue weighted by molar-refractivity contribution is 6.30. The van der Waals surface area contributed by atoms with E-state index in [-0.39, 0.29) is 0 Å². The minimum absolute atomic E-state index is 0.687. The highest BCUT2D eigenvalue weighted by Gasteiger charge is 1.88. The maximum Gasteiger partial charge on any atom is 0.0852 e. The molecule has 2 heteroatoms. The molecule has 0 bridgehead atoms. The molecule has 0 aliphatic carbocycles. The van der Waals surface area contributed by atoms with Crippen LogP contribution >= 0.6 is 11.6 Å². The van der Waals surface area contributed by atoms with E-state index in [4.69, 9.17) is 11.6 Å². The zero-order valence-electron chi connectivity index (χ0n) is 4.69. The van der Waals surface area contributed by atoms with Gasteiger partial charge < -0.3 is 4.57 Å². The average Bonchev–Trinajstić information content (AvgIpc) is 2.14. The summed E-state index contributed by atoms with van der Waals surface area (Å²) < 4.78 is 1.91. The fourth-order valence-electron chi connectivity index (χ4n) is 0.552. The summed E-state index contributed by atoms with van der Waals surface area (Å²) in [7, 11) is 0. The molecule has 0 amide bonds. The van der Waals surface area contributed by atoms with Crippen LogP contribution in [0.5, 0.6) is 0 Å². The third-order valence-electron chi connectivity index (χ3n) is 0.992. The average molecular weight is 129 g/mol. The van der Waals surface area contributed by atoms with Crippen molar-refractivity contribution >= 4 is 11.6 Å². The van der Waals surface area contributed by atoms with Gasteiger partial charge in [-0.05, 0) is 13.0 Å². The monoisotopic (exact) mass is 128 g/mol. The number of hydrogen-bond donors (Lipinski definition) is 0. The molecule has 1 nitrogen and oxygen atoms in total. The third kappa shape index (κ3) is 1.04. The molecule has 0 aromatic carbocycles. The first-order valence-corrected chi connectivity index (χ1v) is 2.94. The Morgan fingerprint density at radius 3 is 2.88 bits per heavy atom. The van der Waals surface area contributed by atoms with Crippen molar-refractivity contribution in [3.05, 3.63) is 23.5 Å². The van der Waals surface area contributed by atoms with Crippen molar-refractivity contribution in [1.82, 2.24) is 4.57 Å². The van der Waals surface area contributed by atoms with Crippen molar-refractivity contribution in [1.29, 1.82) is 0 Å². The van der Waals surface area contributed by atoms with E-state index in [1.165, 1.54) is 0 Å². The van der Waals surface area contributed by atoms with Crippen molar-refractivity contribution in [2.75, 3.05) is 0 Å². The fraction of sp³-hybridized carbons (Fsp3) is 0.333. The van der Waals surface area contributed by atoms with Gasteiger partial charge >= 0.3 is 0 Å². The van der Waals surface area contributed by atoms with Crippen LogP contribution in [-0.2, 0) is 6.54 Å². The first-order valence-electron chi connectivity index (χ1n) is 2.57.